The molecule has 0 bridgehead atoms. The highest BCUT2D eigenvalue weighted by Gasteiger charge is 2.22. The number of hydrogen-bond donors (Lipinski definition) is 4. The Labute approximate surface area is 111 Å². The van der Waals surface area contributed by atoms with Crippen LogP contribution in [0.1, 0.15) is 27.2 Å². The molecule has 19 heavy (non-hydrogen) atoms. The third kappa shape index (κ3) is 9.57. The van der Waals surface area contributed by atoms with Gasteiger partial charge in [0.05, 0.1) is 13.1 Å². The number of rotatable bonds is 7. The number of nitrogens with two attached hydrogens (primary N) is 1. The molecular formula is C11H20N4O4. The molecule has 0 aliphatic heterocycles. The molecule has 8 nitrogen and oxygen atoms in total. The average Bonchev–Trinajstić information content (AvgIpc) is 2.20. The maximum absolute atomic E-state index is 11.5. The average molecular weight is 272 g/mol. The molecule has 0 aromatic heterocycles. The predicted molar refractivity (Wildman–Crippen MR) is 67.7 cm³/mol. The molecule has 0 aliphatic rings. The highest BCUT2D eigenvalue weighted by atomic mass is 16.2. The van der Waals surface area contributed by atoms with Gasteiger partial charge in [-0.05, 0) is 13.8 Å². The Morgan fingerprint density at radius 2 is 1.53 bits per heavy atom. The Bertz CT molecular complexity index is 379. The quantitative estimate of drug-likeness (QED) is 0.427. The molecule has 0 aromatic rings. The standard InChI is InChI=1S/C11H20N4O4/c1-7(16)15-11(2,3)4-9(18)14-6-10(19)13-5-8(12)17/h4-6H2,1-3H3,(H2,12,17)(H,13,19)(H,14,18)(H,15,16). The summed E-state index contributed by atoms with van der Waals surface area (Å²) in [4.78, 5) is 44.1. The van der Waals surface area contributed by atoms with Crippen LogP contribution in [0.15, 0.2) is 0 Å². The van der Waals surface area contributed by atoms with Crippen molar-refractivity contribution >= 4 is 23.6 Å². The molecule has 0 rings (SSSR count). The summed E-state index contributed by atoms with van der Waals surface area (Å²) < 4.78 is 0. The summed E-state index contributed by atoms with van der Waals surface area (Å²) in [5.74, 6) is -1.79. The Balaban J connectivity index is 4.01. The van der Waals surface area contributed by atoms with Crippen LogP contribution in [-0.2, 0) is 19.2 Å². The Hall–Kier alpha value is -2.12. The van der Waals surface area contributed by atoms with Crippen molar-refractivity contribution in [2.45, 2.75) is 32.7 Å². The summed E-state index contributed by atoms with van der Waals surface area (Å²) >= 11 is 0. The molecule has 0 aliphatic carbocycles. The molecule has 0 fully saturated rings. The van der Waals surface area contributed by atoms with E-state index in [1.807, 2.05) is 0 Å². The van der Waals surface area contributed by atoms with Gasteiger partial charge in [0, 0.05) is 18.9 Å². The Morgan fingerprint density at radius 1 is 1.00 bits per heavy atom. The largest absolute Gasteiger partial charge is 0.368 e. The van der Waals surface area contributed by atoms with E-state index in [2.05, 4.69) is 16.0 Å². The second-order valence-electron chi connectivity index (χ2n) is 4.76. The Kier molecular flexibility index (Phi) is 6.53. The van der Waals surface area contributed by atoms with Crippen LogP contribution in [0.5, 0.6) is 0 Å². The number of amides is 4. The van der Waals surface area contributed by atoms with E-state index < -0.39 is 17.4 Å². The van der Waals surface area contributed by atoms with Crippen LogP contribution in [0.4, 0.5) is 0 Å². The van der Waals surface area contributed by atoms with Gasteiger partial charge in [0.25, 0.3) is 0 Å². The van der Waals surface area contributed by atoms with Crippen molar-refractivity contribution in [3.05, 3.63) is 0 Å². The van der Waals surface area contributed by atoms with Gasteiger partial charge in [-0.25, -0.2) is 0 Å². The summed E-state index contributed by atoms with van der Waals surface area (Å²) in [5.41, 5.74) is 4.15. The molecule has 8 heteroatoms. The first-order valence-electron chi connectivity index (χ1n) is 5.73. The first-order chi connectivity index (χ1) is 8.62. The van der Waals surface area contributed by atoms with Crippen molar-refractivity contribution in [2.75, 3.05) is 13.1 Å². The highest BCUT2D eigenvalue weighted by Crippen LogP contribution is 2.07. The van der Waals surface area contributed by atoms with Crippen molar-refractivity contribution < 1.29 is 19.2 Å². The minimum Gasteiger partial charge on any atom is -0.368 e. The third-order valence-corrected chi connectivity index (χ3v) is 2.02. The van der Waals surface area contributed by atoms with Gasteiger partial charge >= 0.3 is 0 Å². The lowest BCUT2D eigenvalue weighted by atomic mass is 10.0. The molecule has 0 unspecified atom stereocenters. The Morgan fingerprint density at radius 3 is 2.00 bits per heavy atom. The molecule has 0 saturated carbocycles. The van der Waals surface area contributed by atoms with E-state index in [1.165, 1.54) is 6.92 Å². The van der Waals surface area contributed by atoms with Crippen molar-refractivity contribution in [1.82, 2.24) is 16.0 Å². The van der Waals surface area contributed by atoms with Crippen LogP contribution in [0.2, 0.25) is 0 Å². The minimum atomic E-state index is -0.695. The van der Waals surface area contributed by atoms with Crippen LogP contribution in [0.3, 0.4) is 0 Å². The van der Waals surface area contributed by atoms with E-state index in [9.17, 15) is 19.2 Å². The minimum absolute atomic E-state index is 0.0374. The van der Waals surface area contributed by atoms with Crippen LogP contribution in [0.25, 0.3) is 0 Å². The number of nitrogens with one attached hydrogen (secondary N) is 3. The maximum Gasteiger partial charge on any atom is 0.239 e. The fraction of sp³-hybridized carbons (Fsp3) is 0.636. The van der Waals surface area contributed by atoms with Gasteiger partial charge in [0.2, 0.25) is 23.6 Å². The first-order valence-corrected chi connectivity index (χ1v) is 5.73. The highest BCUT2D eigenvalue weighted by molar-refractivity contribution is 5.88. The van der Waals surface area contributed by atoms with Gasteiger partial charge < -0.3 is 21.7 Å². The number of primary amides is 1. The van der Waals surface area contributed by atoms with Gasteiger partial charge in [0.1, 0.15) is 0 Å². The molecule has 108 valence electrons. The van der Waals surface area contributed by atoms with Crippen LogP contribution in [0, 0.1) is 0 Å². The van der Waals surface area contributed by atoms with E-state index in [1.54, 1.807) is 13.8 Å². The SMILES string of the molecule is CC(=O)NC(C)(C)CC(=O)NCC(=O)NCC(N)=O. The monoisotopic (exact) mass is 272 g/mol. The summed E-state index contributed by atoms with van der Waals surface area (Å²) in [5, 5.41) is 7.23. The molecule has 0 atom stereocenters. The molecule has 0 radical (unpaired) electrons. The zero-order chi connectivity index (χ0) is 15.1. The fourth-order valence-electron chi connectivity index (χ4n) is 1.41. The lowest BCUT2D eigenvalue weighted by Gasteiger charge is -2.24. The molecule has 0 heterocycles. The summed E-state index contributed by atoms with van der Waals surface area (Å²) in [7, 11) is 0. The van der Waals surface area contributed by atoms with E-state index in [0.717, 1.165) is 0 Å². The zero-order valence-corrected chi connectivity index (χ0v) is 11.3. The van der Waals surface area contributed by atoms with Gasteiger partial charge in [-0.15, -0.1) is 0 Å². The predicted octanol–water partition coefficient (Wildman–Crippen LogP) is -1.99. The number of carbonyl (C=O) groups excluding carboxylic acids is 4. The first kappa shape index (κ1) is 16.9. The van der Waals surface area contributed by atoms with Gasteiger partial charge in [0.15, 0.2) is 0 Å². The lowest BCUT2D eigenvalue weighted by molar-refractivity contribution is -0.128. The van der Waals surface area contributed by atoms with Gasteiger partial charge in [-0.2, -0.15) is 0 Å². The second kappa shape index (κ2) is 7.34. The van der Waals surface area contributed by atoms with Crippen molar-refractivity contribution in [3.8, 4) is 0 Å². The molecule has 0 spiro atoms. The van der Waals surface area contributed by atoms with Gasteiger partial charge in [-0.1, -0.05) is 0 Å². The summed E-state index contributed by atoms with van der Waals surface area (Å²) in [6, 6.07) is 0. The van der Waals surface area contributed by atoms with E-state index in [0.29, 0.717) is 0 Å². The molecule has 0 aromatic carbocycles. The van der Waals surface area contributed by atoms with Crippen molar-refractivity contribution in [3.63, 3.8) is 0 Å². The third-order valence-electron chi connectivity index (χ3n) is 2.02. The second-order valence-corrected chi connectivity index (χ2v) is 4.76. The summed E-state index contributed by atoms with van der Waals surface area (Å²) in [6.45, 7) is 4.23. The zero-order valence-electron chi connectivity index (χ0n) is 11.3. The number of hydrogen-bond acceptors (Lipinski definition) is 4. The van der Waals surface area contributed by atoms with Crippen LogP contribution < -0.4 is 21.7 Å². The van der Waals surface area contributed by atoms with E-state index in [4.69, 9.17) is 5.73 Å². The fourth-order valence-corrected chi connectivity index (χ4v) is 1.41. The molecule has 5 N–H and O–H groups in total. The maximum atomic E-state index is 11.5. The smallest absolute Gasteiger partial charge is 0.239 e. The number of carbonyl (C=O) groups is 4. The van der Waals surface area contributed by atoms with E-state index >= 15 is 0 Å². The lowest BCUT2D eigenvalue weighted by Crippen LogP contribution is -2.47. The normalized spacial score (nSPS) is 10.5. The van der Waals surface area contributed by atoms with Gasteiger partial charge in [-0.3, -0.25) is 19.2 Å². The van der Waals surface area contributed by atoms with Crippen LogP contribution in [-0.4, -0.2) is 42.3 Å². The molecule has 0 saturated heterocycles. The molecule has 4 amide bonds. The van der Waals surface area contributed by atoms with Crippen LogP contribution >= 0.6 is 0 Å². The van der Waals surface area contributed by atoms with Crippen molar-refractivity contribution in [1.29, 1.82) is 0 Å². The van der Waals surface area contributed by atoms with Crippen molar-refractivity contribution in [2.24, 2.45) is 5.73 Å². The molecular weight excluding hydrogens is 252 g/mol. The summed E-state index contributed by atoms with van der Waals surface area (Å²) in [6.07, 6.45) is 0.0374. The van der Waals surface area contributed by atoms with E-state index in [-0.39, 0.29) is 31.3 Å². The topological polar surface area (TPSA) is 130 Å².